The Labute approximate surface area is 253 Å². The number of rotatable bonds is 9. The number of nitrogens with one attached hydrogen (secondary N) is 2. The zero-order valence-electron chi connectivity index (χ0n) is 24.3. The van der Waals surface area contributed by atoms with Crippen LogP contribution < -0.4 is 10.6 Å². The minimum Gasteiger partial charge on any atom is -0.359 e. The van der Waals surface area contributed by atoms with E-state index in [-0.39, 0.29) is 17.9 Å². The highest BCUT2D eigenvalue weighted by Crippen LogP contribution is 2.30. The van der Waals surface area contributed by atoms with E-state index in [0.29, 0.717) is 18.5 Å². The number of hydrogen-bond donors (Lipinski definition) is 2. The van der Waals surface area contributed by atoms with Crippen molar-refractivity contribution in [2.45, 2.75) is 32.4 Å². The van der Waals surface area contributed by atoms with Crippen molar-refractivity contribution in [3.63, 3.8) is 0 Å². The molecule has 0 radical (unpaired) electrons. The van der Waals surface area contributed by atoms with Gasteiger partial charge in [0.1, 0.15) is 0 Å². The number of anilines is 1. The second kappa shape index (κ2) is 13.0. The first-order valence-corrected chi connectivity index (χ1v) is 14.1. The van der Waals surface area contributed by atoms with E-state index >= 15 is 0 Å². The van der Waals surface area contributed by atoms with E-state index in [0.717, 1.165) is 45.9 Å². The monoisotopic (exact) mass is 596 g/mol. The molecule has 44 heavy (non-hydrogen) atoms. The van der Waals surface area contributed by atoms with E-state index in [1.807, 2.05) is 18.2 Å². The predicted octanol–water partition coefficient (Wildman–Crippen LogP) is 7.39. The van der Waals surface area contributed by atoms with Gasteiger partial charge in [-0.1, -0.05) is 72.3 Å². The lowest BCUT2D eigenvalue weighted by Crippen LogP contribution is -2.18. The summed E-state index contributed by atoms with van der Waals surface area (Å²) < 4.78 is 40.9. The third-order valence-electron chi connectivity index (χ3n) is 7.23. The van der Waals surface area contributed by atoms with Crippen molar-refractivity contribution in [3.05, 3.63) is 126 Å². The first-order chi connectivity index (χ1) is 21.1. The van der Waals surface area contributed by atoms with Crippen LogP contribution in [0, 0.1) is 6.92 Å². The van der Waals surface area contributed by atoms with Gasteiger partial charge in [-0.3, -0.25) is 9.59 Å². The number of nitrogens with zero attached hydrogens (tertiary/aromatic N) is 2. The summed E-state index contributed by atoms with van der Waals surface area (Å²) in [7, 11) is 1.60. The van der Waals surface area contributed by atoms with Crippen LogP contribution in [0.25, 0.3) is 28.1 Å². The van der Waals surface area contributed by atoms with Gasteiger partial charge in [-0.05, 0) is 60.0 Å². The van der Waals surface area contributed by atoms with Crippen molar-refractivity contribution in [3.8, 4) is 28.1 Å². The van der Waals surface area contributed by atoms with Gasteiger partial charge >= 0.3 is 6.18 Å². The fourth-order valence-corrected chi connectivity index (χ4v) is 4.83. The van der Waals surface area contributed by atoms with Crippen LogP contribution in [-0.2, 0) is 28.6 Å². The second-order valence-corrected chi connectivity index (χ2v) is 10.5. The lowest BCUT2D eigenvalue weighted by atomic mass is 10.0. The van der Waals surface area contributed by atoms with Gasteiger partial charge in [0.15, 0.2) is 0 Å². The van der Waals surface area contributed by atoms with Crippen LogP contribution >= 0.6 is 0 Å². The molecule has 0 aliphatic rings. The summed E-state index contributed by atoms with van der Waals surface area (Å²) in [5, 5.41) is 10.2. The molecule has 0 saturated carbocycles. The number of halogens is 3. The number of amides is 2. The van der Waals surface area contributed by atoms with Gasteiger partial charge in [-0.2, -0.15) is 18.3 Å². The van der Waals surface area contributed by atoms with Crippen molar-refractivity contribution >= 4 is 17.5 Å². The number of aromatic nitrogens is 2. The van der Waals surface area contributed by atoms with Gasteiger partial charge in [-0.25, -0.2) is 4.68 Å². The molecule has 0 bridgehead atoms. The molecule has 0 atom stereocenters. The predicted molar refractivity (Wildman–Crippen MR) is 165 cm³/mol. The highest BCUT2D eigenvalue weighted by Gasteiger charge is 2.30. The molecule has 0 spiro atoms. The summed E-state index contributed by atoms with van der Waals surface area (Å²) >= 11 is 0. The molecule has 5 aromatic rings. The minimum atomic E-state index is -4.47. The molecule has 0 aliphatic carbocycles. The topological polar surface area (TPSA) is 76.0 Å². The third kappa shape index (κ3) is 7.42. The van der Waals surface area contributed by atoms with Gasteiger partial charge in [0.05, 0.1) is 29.1 Å². The average Bonchev–Trinajstić information content (AvgIpc) is 3.44. The molecule has 0 fully saturated rings. The molecular formula is C35H31F3N4O2. The maximum atomic E-state index is 13.0. The Morgan fingerprint density at radius 3 is 2.07 bits per heavy atom. The van der Waals surface area contributed by atoms with Crippen LogP contribution in [0.4, 0.5) is 18.9 Å². The fraction of sp³-hybridized carbons (Fsp3) is 0.171. The van der Waals surface area contributed by atoms with Crippen molar-refractivity contribution in [2.75, 3.05) is 12.4 Å². The van der Waals surface area contributed by atoms with Gasteiger partial charge in [0, 0.05) is 31.1 Å². The van der Waals surface area contributed by atoms with Crippen molar-refractivity contribution in [2.24, 2.45) is 0 Å². The summed E-state index contributed by atoms with van der Waals surface area (Å²) in [6, 6.07) is 30.3. The first-order valence-electron chi connectivity index (χ1n) is 14.1. The Morgan fingerprint density at radius 1 is 0.795 bits per heavy atom. The van der Waals surface area contributed by atoms with Crippen LogP contribution in [0.3, 0.4) is 0 Å². The number of carbonyl (C=O) groups is 2. The van der Waals surface area contributed by atoms with E-state index in [1.54, 1.807) is 36.0 Å². The first kappa shape index (κ1) is 30.3. The largest absolute Gasteiger partial charge is 0.416 e. The lowest BCUT2D eigenvalue weighted by molar-refractivity contribution is -0.137. The van der Waals surface area contributed by atoms with E-state index in [4.69, 9.17) is 5.10 Å². The Kier molecular flexibility index (Phi) is 8.94. The Hall–Kier alpha value is -5.18. The van der Waals surface area contributed by atoms with Gasteiger partial charge < -0.3 is 10.6 Å². The smallest absolute Gasteiger partial charge is 0.359 e. The molecule has 9 heteroatoms. The maximum absolute atomic E-state index is 13.0. The third-order valence-corrected chi connectivity index (χ3v) is 7.23. The van der Waals surface area contributed by atoms with Gasteiger partial charge in [0.25, 0.3) is 0 Å². The molecule has 2 amide bonds. The molecule has 4 aromatic carbocycles. The van der Waals surface area contributed by atoms with Crippen LogP contribution in [0.2, 0.25) is 0 Å². The number of hydrogen-bond acceptors (Lipinski definition) is 3. The van der Waals surface area contributed by atoms with Crippen molar-refractivity contribution in [1.29, 1.82) is 0 Å². The lowest BCUT2D eigenvalue weighted by Gasteiger charge is -2.11. The molecule has 6 nitrogen and oxygen atoms in total. The second-order valence-electron chi connectivity index (χ2n) is 10.5. The van der Waals surface area contributed by atoms with Crippen LogP contribution in [0.1, 0.15) is 28.8 Å². The molecule has 5 rings (SSSR count). The van der Waals surface area contributed by atoms with Crippen LogP contribution in [-0.4, -0.2) is 28.6 Å². The van der Waals surface area contributed by atoms with Crippen LogP contribution in [0.15, 0.2) is 103 Å². The van der Waals surface area contributed by atoms with Crippen LogP contribution in [0.5, 0.6) is 0 Å². The number of aryl methyl sites for hydroxylation is 2. The van der Waals surface area contributed by atoms with Crippen molar-refractivity contribution in [1.82, 2.24) is 15.1 Å². The summed E-state index contributed by atoms with van der Waals surface area (Å²) in [4.78, 5) is 24.5. The Balaban J connectivity index is 1.36. The summed E-state index contributed by atoms with van der Waals surface area (Å²) in [6.45, 7) is 2.05. The molecule has 0 aliphatic heterocycles. The zero-order valence-corrected chi connectivity index (χ0v) is 24.3. The minimum absolute atomic E-state index is 0.0752. The zero-order chi connectivity index (χ0) is 31.3. The molecular weight excluding hydrogens is 565 g/mol. The number of carbonyl (C=O) groups excluding carboxylic acids is 2. The molecule has 224 valence electrons. The standard InChI is InChI=1S/C35H31F3N4O2/c1-23-6-8-25(9-7-23)26-10-12-27(13-11-26)32-22-30(16-19-33(43)39-2)41-42(32)31-17-14-29(15-18-31)40-34(44)21-24-4-3-5-28(20-24)35(36,37)38/h3-15,17-18,20,22H,16,19,21H2,1-2H3,(H,39,43)(H,40,44). The average molecular weight is 597 g/mol. The molecule has 0 saturated heterocycles. The summed E-state index contributed by atoms with van der Waals surface area (Å²) in [5.74, 6) is -0.504. The van der Waals surface area contributed by atoms with E-state index in [1.165, 1.54) is 17.7 Å². The molecule has 1 heterocycles. The Bertz CT molecular complexity index is 1760. The highest BCUT2D eigenvalue weighted by atomic mass is 19.4. The molecule has 0 unspecified atom stereocenters. The highest BCUT2D eigenvalue weighted by molar-refractivity contribution is 5.92. The summed E-state index contributed by atoms with van der Waals surface area (Å²) in [6.07, 6.45) is -3.90. The quantitative estimate of drug-likeness (QED) is 0.186. The summed E-state index contributed by atoms with van der Waals surface area (Å²) in [5.41, 5.74) is 6.66. The Morgan fingerprint density at radius 2 is 1.43 bits per heavy atom. The molecule has 1 aromatic heterocycles. The van der Waals surface area contributed by atoms with Gasteiger partial charge in [0.2, 0.25) is 11.8 Å². The number of benzene rings is 4. The maximum Gasteiger partial charge on any atom is 0.416 e. The van der Waals surface area contributed by atoms with Gasteiger partial charge in [-0.15, -0.1) is 0 Å². The van der Waals surface area contributed by atoms with E-state index in [2.05, 4.69) is 54.0 Å². The number of alkyl halides is 3. The fourth-order valence-electron chi connectivity index (χ4n) is 4.83. The normalized spacial score (nSPS) is 11.3. The SMILES string of the molecule is CNC(=O)CCc1cc(-c2ccc(-c3ccc(C)cc3)cc2)n(-c2ccc(NC(=O)Cc3cccc(C(F)(F)F)c3)cc2)n1. The van der Waals surface area contributed by atoms with E-state index in [9.17, 15) is 22.8 Å². The molecule has 2 N–H and O–H groups in total. The van der Waals surface area contributed by atoms with E-state index < -0.39 is 17.6 Å². The van der Waals surface area contributed by atoms with Crippen molar-refractivity contribution < 1.29 is 22.8 Å².